The van der Waals surface area contributed by atoms with Gasteiger partial charge in [-0.1, -0.05) is 11.6 Å². The average molecular weight is 234 g/mol. The minimum Gasteiger partial charge on any atom is -0.198 e. The minimum absolute atomic E-state index is 0.157. The zero-order chi connectivity index (χ0) is 11.9. The summed E-state index contributed by atoms with van der Waals surface area (Å²) in [4.78, 5) is 0. The molecule has 1 aromatic rings. The highest BCUT2D eigenvalue weighted by atomic mass is 32.1. The molecule has 0 saturated heterocycles. The van der Waals surface area contributed by atoms with Crippen LogP contribution in [-0.4, -0.2) is 22.6 Å². The van der Waals surface area contributed by atoms with Crippen molar-refractivity contribution in [3.05, 3.63) is 29.3 Å². The van der Waals surface area contributed by atoms with Gasteiger partial charge >= 0.3 is 0 Å². The standard InChI is InChI=1S/C14H19NS/c1-10-5-6-13-12(9-10)14(3,4)11(2)15(13)7-8-16/h5-6,9H,7-8H2,1-4H3/p+1. The topological polar surface area (TPSA) is 3.01 Å². The maximum atomic E-state index is 4.35. The molecule has 1 heterocycles. The summed E-state index contributed by atoms with van der Waals surface area (Å²) in [5, 5.41) is 0. The van der Waals surface area contributed by atoms with E-state index in [-0.39, 0.29) is 5.41 Å². The summed E-state index contributed by atoms with van der Waals surface area (Å²) in [5.41, 5.74) is 5.74. The highest BCUT2D eigenvalue weighted by Gasteiger charge is 2.42. The second-order valence-corrected chi connectivity index (χ2v) is 5.55. The SMILES string of the molecule is CC1=[N+](CCS)c2ccc(C)cc2C1(C)C. The molecule has 16 heavy (non-hydrogen) atoms. The second kappa shape index (κ2) is 3.92. The number of nitrogens with zero attached hydrogens (tertiary/aromatic N) is 1. The summed E-state index contributed by atoms with van der Waals surface area (Å²) in [6.07, 6.45) is 0. The molecule has 0 aliphatic carbocycles. The van der Waals surface area contributed by atoms with Gasteiger partial charge in [0, 0.05) is 24.3 Å². The lowest BCUT2D eigenvalue weighted by molar-refractivity contribution is -0.433. The van der Waals surface area contributed by atoms with Gasteiger partial charge in [0.15, 0.2) is 12.3 Å². The number of hydrogen-bond acceptors (Lipinski definition) is 1. The van der Waals surface area contributed by atoms with Crippen molar-refractivity contribution in [2.75, 3.05) is 12.3 Å². The van der Waals surface area contributed by atoms with Gasteiger partial charge in [-0.25, -0.2) is 0 Å². The Morgan fingerprint density at radius 3 is 2.56 bits per heavy atom. The molecule has 86 valence electrons. The first-order valence-electron chi connectivity index (χ1n) is 5.82. The lowest BCUT2D eigenvalue weighted by Crippen LogP contribution is -2.27. The smallest absolute Gasteiger partial charge is 0.198 e. The fourth-order valence-corrected chi connectivity index (χ4v) is 2.69. The third kappa shape index (κ3) is 1.60. The molecule has 2 heteroatoms. The van der Waals surface area contributed by atoms with E-state index in [0.29, 0.717) is 0 Å². The Balaban J connectivity index is 2.62. The molecule has 1 aromatic carbocycles. The van der Waals surface area contributed by atoms with Gasteiger partial charge in [0.2, 0.25) is 5.69 Å². The van der Waals surface area contributed by atoms with E-state index in [9.17, 15) is 0 Å². The summed E-state index contributed by atoms with van der Waals surface area (Å²) in [5.74, 6) is 0.890. The lowest BCUT2D eigenvalue weighted by Gasteiger charge is -2.15. The van der Waals surface area contributed by atoms with Crippen LogP contribution in [0.5, 0.6) is 0 Å². The molecule has 0 N–H and O–H groups in total. The van der Waals surface area contributed by atoms with Crippen molar-refractivity contribution in [1.29, 1.82) is 0 Å². The van der Waals surface area contributed by atoms with Gasteiger partial charge in [-0.3, -0.25) is 0 Å². The van der Waals surface area contributed by atoms with Gasteiger partial charge in [-0.15, -0.1) is 0 Å². The molecule has 0 fully saturated rings. The van der Waals surface area contributed by atoms with Crippen LogP contribution in [0, 0.1) is 6.92 Å². The quantitative estimate of drug-likeness (QED) is 0.590. The first-order chi connectivity index (χ1) is 7.48. The van der Waals surface area contributed by atoms with Crippen LogP contribution in [0.4, 0.5) is 5.69 Å². The largest absolute Gasteiger partial charge is 0.209 e. The fraction of sp³-hybridized carbons (Fsp3) is 0.500. The predicted octanol–water partition coefficient (Wildman–Crippen LogP) is 3.32. The van der Waals surface area contributed by atoms with Crippen LogP contribution in [0.15, 0.2) is 18.2 Å². The third-order valence-electron chi connectivity index (χ3n) is 3.75. The number of hydrogen-bond donors (Lipinski definition) is 1. The average Bonchev–Trinajstić information content (AvgIpc) is 2.41. The van der Waals surface area contributed by atoms with Crippen LogP contribution in [0.1, 0.15) is 31.9 Å². The van der Waals surface area contributed by atoms with Crippen molar-refractivity contribution in [3.63, 3.8) is 0 Å². The van der Waals surface area contributed by atoms with E-state index in [1.807, 2.05) is 0 Å². The van der Waals surface area contributed by atoms with Crippen LogP contribution in [0.3, 0.4) is 0 Å². The van der Waals surface area contributed by atoms with Gasteiger partial charge in [0.1, 0.15) is 0 Å². The second-order valence-electron chi connectivity index (χ2n) is 5.11. The molecule has 0 unspecified atom stereocenters. The van der Waals surface area contributed by atoms with Crippen molar-refractivity contribution < 1.29 is 4.58 Å². The number of thiol groups is 1. The van der Waals surface area contributed by atoms with Crippen LogP contribution >= 0.6 is 12.6 Å². The van der Waals surface area contributed by atoms with Crippen molar-refractivity contribution in [2.24, 2.45) is 0 Å². The zero-order valence-electron chi connectivity index (χ0n) is 10.5. The van der Waals surface area contributed by atoms with Gasteiger partial charge in [-0.2, -0.15) is 17.2 Å². The Kier molecular flexibility index (Phi) is 2.87. The Bertz CT molecular complexity index is 458. The van der Waals surface area contributed by atoms with E-state index in [1.165, 1.54) is 22.5 Å². The van der Waals surface area contributed by atoms with Gasteiger partial charge in [-0.05, 0) is 26.8 Å². The number of rotatable bonds is 2. The number of benzene rings is 1. The summed E-state index contributed by atoms with van der Waals surface area (Å²) in [6.45, 7) is 10.00. The zero-order valence-corrected chi connectivity index (χ0v) is 11.4. The number of aryl methyl sites for hydroxylation is 1. The van der Waals surface area contributed by atoms with Crippen LogP contribution in [-0.2, 0) is 5.41 Å². The first-order valence-corrected chi connectivity index (χ1v) is 6.45. The summed E-state index contributed by atoms with van der Waals surface area (Å²) in [6, 6.07) is 6.75. The molecular formula is C14H20NS+. The summed E-state index contributed by atoms with van der Waals surface area (Å²) < 4.78 is 2.40. The normalized spacial score (nSPS) is 17.8. The maximum absolute atomic E-state index is 4.35. The Morgan fingerprint density at radius 2 is 1.94 bits per heavy atom. The molecule has 0 amide bonds. The number of fused-ring (bicyclic) bond motifs is 1. The summed E-state index contributed by atoms with van der Waals surface area (Å²) >= 11 is 4.35. The molecule has 1 nitrogen and oxygen atoms in total. The van der Waals surface area contributed by atoms with Gasteiger partial charge in [0.25, 0.3) is 0 Å². The Labute approximate surface area is 104 Å². The molecule has 0 aromatic heterocycles. The molecule has 1 aliphatic heterocycles. The van der Waals surface area contributed by atoms with E-state index >= 15 is 0 Å². The Morgan fingerprint density at radius 1 is 1.25 bits per heavy atom. The molecule has 2 rings (SSSR count). The Hall–Kier alpha value is -0.760. The van der Waals surface area contributed by atoms with Crippen LogP contribution in [0.2, 0.25) is 0 Å². The first kappa shape index (κ1) is 11.7. The van der Waals surface area contributed by atoms with Crippen molar-refractivity contribution in [1.82, 2.24) is 0 Å². The highest BCUT2D eigenvalue weighted by Crippen LogP contribution is 2.39. The van der Waals surface area contributed by atoms with Crippen molar-refractivity contribution in [2.45, 2.75) is 33.1 Å². The maximum Gasteiger partial charge on any atom is 0.209 e. The van der Waals surface area contributed by atoms with Crippen molar-refractivity contribution >= 4 is 24.0 Å². The third-order valence-corrected chi connectivity index (χ3v) is 3.95. The van der Waals surface area contributed by atoms with E-state index in [2.05, 4.69) is 63.1 Å². The summed E-state index contributed by atoms with van der Waals surface area (Å²) in [7, 11) is 0. The predicted molar refractivity (Wildman–Crippen MR) is 73.5 cm³/mol. The monoisotopic (exact) mass is 234 g/mol. The van der Waals surface area contributed by atoms with Crippen molar-refractivity contribution in [3.8, 4) is 0 Å². The lowest BCUT2D eigenvalue weighted by atomic mass is 9.82. The molecule has 0 saturated carbocycles. The molecule has 0 radical (unpaired) electrons. The van der Waals surface area contributed by atoms with E-state index < -0.39 is 0 Å². The van der Waals surface area contributed by atoms with Gasteiger partial charge in [0.05, 0.1) is 5.41 Å². The molecule has 0 atom stereocenters. The highest BCUT2D eigenvalue weighted by molar-refractivity contribution is 7.80. The van der Waals surface area contributed by atoms with E-state index in [1.54, 1.807) is 0 Å². The van der Waals surface area contributed by atoms with Crippen LogP contribution in [0.25, 0.3) is 0 Å². The van der Waals surface area contributed by atoms with E-state index in [0.717, 1.165) is 12.3 Å². The van der Waals surface area contributed by atoms with Crippen LogP contribution < -0.4 is 0 Å². The minimum atomic E-state index is 0.157. The molecule has 1 aliphatic rings. The van der Waals surface area contributed by atoms with Gasteiger partial charge < -0.3 is 0 Å². The molecule has 0 spiro atoms. The fourth-order valence-electron chi connectivity index (χ4n) is 2.49. The molecule has 0 bridgehead atoms. The van der Waals surface area contributed by atoms with E-state index in [4.69, 9.17) is 0 Å². The molecular weight excluding hydrogens is 214 g/mol.